The van der Waals surface area contributed by atoms with Crippen molar-refractivity contribution >= 4 is 46.2 Å². The number of benzene rings is 1. The number of anilines is 2. The molecule has 5 rings (SSSR count). The maximum Gasteiger partial charge on any atom is 0.414 e. The van der Waals surface area contributed by atoms with Crippen LogP contribution >= 0.6 is 11.8 Å². The summed E-state index contributed by atoms with van der Waals surface area (Å²) in [5.74, 6) is 0.344. The van der Waals surface area contributed by atoms with Gasteiger partial charge in [-0.15, -0.1) is 11.8 Å². The van der Waals surface area contributed by atoms with Crippen LogP contribution in [0.2, 0.25) is 0 Å². The van der Waals surface area contributed by atoms with Crippen molar-refractivity contribution in [3.8, 4) is 5.88 Å². The van der Waals surface area contributed by atoms with Crippen molar-refractivity contribution in [2.24, 2.45) is 0 Å². The Morgan fingerprint density at radius 3 is 3.03 bits per heavy atom. The number of hydrogen-bond acceptors (Lipinski definition) is 8. The minimum atomic E-state index is -0.407. The molecule has 0 spiro atoms. The summed E-state index contributed by atoms with van der Waals surface area (Å²) in [5.41, 5.74) is 2.99. The number of cyclic esters (lactones) is 1. The van der Waals surface area contributed by atoms with Crippen molar-refractivity contribution in [2.75, 3.05) is 42.7 Å². The molecule has 1 fully saturated rings. The lowest BCUT2D eigenvalue weighted by Crippen LogP contribution is -2.27. The second-order valence-electron chi connectivity index (χ2n) is 8.23. The Bertz CT molecular complexity index is 1290. The van der Waals surface area contributed by atoms with E-state index in [0.717, 1.165) is 4.90 Å². The fourth-order valence-electron chi connectivity index (χ4n) is 4.15. The average Bonchev–Trinajstić information content (AvgIpc) is 3.24. The van der Waals surface area contributed by atoms with E-state index < -0.39 is 11.9 Å². The molecule has 2 N–H and O–H groups in total. The lowest BCUT2D eigenvalue weighted by atomic mass is 10.1. The molecule has 0 unspecified atom stereocenters. The molecular formula is C24H24FN5O4S. The maximum absolute atomic E-state index is 14.4. The van der Waals surface area contributed by atoms with E-state index in [1.54, 1.807) is 23.1 Å². The zero-order chi connectivity index (χ0) is 24.4. The molecule has 2 aliphatic heterocycles. The summed E-state index contributed by atoms with van der Waals surface area (Å²) in [5, 5.41) is 6.13. The van der Waals surface area contributed by atoms with E-state index in [2.05, 4.69) is 20.6 Å². The quantitative estimate of drug-likeness (QED) is 0.457. The fourth-order valence-corrected chi connectivity index (χ4v) is 4.94. The number of carbonyl (C=O) groups excluding carboxylic acids is 2. The third-order valence-electron chi connectivity index (χ3n) is 5.93. The first-order valence-corrected chi connectivity index (χ1v) is 12.2. The molecule has 0 saturated carbocycles. The molecular weight excluding hydrogens is 473 g/mol. The number of nitrogens with one attached hydrogen (secondary N) is 2. The van der Waals surface area contributed by atoms with Crippen LogP contribution in [-0.4, -0.2) is 60.6 Å². The summed E-state index contributed by atoms with van der Waals surface area (Å²) in [7, 11) is 1.52. The Morgan fingerprint density at radius 1 is 1.29 bits per heavy atom. The third-order valence-corrected chi connectivity index (χ3v) is 7.00. The predicted octanol–water partition coefficient (Wildman–Crippen LogP) is 3.37. The molecule has 1 saturated heterocycles. The summed E-state index contributed by atoms with van der Waals surface area (Å²) >= 11 is 1.47. The van der Waals surface area contributed by atoms with E-state index in [1.807, 2.05) is 12.1 Å². The monoisotopic (exact) mass is 497 g/mol. The molecule has 2 aromatic heterocycles. The minimum absolute atomic E-state index is 0.0536. The molecule has 0 radical (unpaired) electrons. The number of aromatic nitrogens is 2. The number of hydrogen-bond donors (Lipinski definition) is 2. The number of rotatable bonds is 8. The van der Waals surface area contributed by atoms with Crippen LogP contribution in [0.3, 0.4) is 0 Å². The summed E-state index contributed by atoms with van der Waals surface area (Å²) in [6, 6.07) is 9.02. The van der Waals surface area contributed by atoms with Crippen molar-refractivity contribution in [3.05, 3.63) is 47.9 Å². The van der Waals surface area contributed by atoms with Crippen molar-refractivity contribution in [3.63, 3.8) is 0 Å². The second-order valence-corrected chi connectivity index (χ2v) is 9.25. The molecule has 35 heavy (non-hydrogen) atoms. The van der Waals surface area contributed by atoms with Crippen molar-refractivity contribution in [1.82, 2.24) is 15.3 Å². The predicted molar refractivity (Wildman–Crippen MR) is 131 cm³/mol. The second kappa shape index (κ2) is 10.0. The molecule has 4 heterocycles. The molecule has 11 heteroatoms. The Labute approximate surface area is 205 Å². The number of nitrogens with zero attached hydrogens (tertiary/aromatic N) is 3. The lowest BCUT2D eigenvalue weighted by Gasteiger charge is -2.20. The molecule has 9 nitrogen and oxygen atoms in total. The minimum Gasteiger partial charge on any atom is -0.481 e. The van der Waals surface area contributed by atoms with Crippen molar-refractivity contribution in [1.29, 1.82) is 0 Å². The van der Waals surface area contributed by atoms with E-state index in [0.29, 0.717) is 72.1 Å². The maximum atomic E-state index is 14.4. The van der Waals surface area contributed by atoms with Gasteiger partial charge in [-0.05, 0) is 50.2 Å². The third kappa shape index (κ3) is 5.01. The number of fused-ring (bicyclic) bond motifs is 2. The number of halogens is 1. The molecule has 2 amide bonds. The summed E-state index contributed by atoms with van der Waals surface area (Å²) in [6.45, 7) is 1.55. The number of carbonyl (C=O) groups is 2. The first-order valence-electron chi connectivity index (χ1n) is 11.3. The normalized spacial score (nSPS) is 17.3. The zero-order valence-electron chi connectivity index (χ0n) is 19.0. The van der Waals surface area contributed by atoms with Crippen LogP contribution < -0.4 is 20.3 Å². The van der Waals surface area contributed by atoms with Gasteiger partial charge in [-0.1, -0.05) is 0 Å². The first kappa shape index (κ1) is 23.3. The molecule has 0 aliphatic carbocycles. The van der Waals surface area contributed by atoms with E-state index in [4.69, 9.17) is 9.47 Å². The van der Waals surface area contributed by atoms with Crippen LogP contribution in [0.15, 0.2) is 41.4 Å². The Balaban J connectivity index is 1.14. The van der Waals surface area contributed by atoms with Gasteiger partial charge in [0.05, 0.1) is 42.3 Å². The lowest BCUT2D eigenvalue weighted by molar-refractivity contribution is -0.113. The van der Waals surface area contributed by atoms with E-state index in [1.165, 1.54) is 25.1 Å². The van der Waals surface area contributed by atoms with E-state index >= 15 is 0 Å². The van der Waals surface area contributed by atoms with Crippen LogP contribution in [0.5, 0.6) is 5.88 Å². The Morgan fingerprint density at radius 2 is 2.17 bits per heavy atom. The summed E-state index contributed by atoms with van der Waals surface area (Å²) < 4.78 is 25.1. The van der Waals surface area contributed by atoms with Crippen LogP contribution in [0.25, 0.3) is 11.0 Å². The molecule has 0 bridgehead atoms. The molecule has 1 aromatic carbocycles. The van der Waals surface area contributed by atoms with Gasteiger partial charge >= 0.3 is 6.09 Å². The largest absolute Gasteiger partial charge is 0.481 e. The van der Waals surface area contributed by atoms with Gasteiger partial charge in [0, 0.05) is 22.2 Å². The SMILES string of the molecule is COc1ccc2ncc(F)c(CCNCC[C@H]3CN(c4ccc5c(c4)NC(=O)CS5)C(=O)O3)c2n1. The van der Waals surface area contributed by atoms with Crippen LogP contribution in [-0.2, 0) is 16.0 Å². The number of ether oxygens (including phenoxy) is 2. The Kier molecular flexibility index (Phi) is 6.69. The first-order chi connectivity index (χ1) is 17.0. The standard InChI is InChI=1S/C24H24FN5O4S/c1-33-22-5-3-18-23(29-22)16(17(25)11-27-18)7-9-26-8-6-15-12-30(24(32)34-15)14-2-4-20-19(10-14)28-21(31)13-35-20/h2-5,10-11,15,26H,6-9,12-13H2,1H3,(H,28,31)/t15-/m0/s1. The van der Waals surface area contributed by atoms with Gasteiger partial charge in [-0.25, -0.2) is 14.2 Å². The molecule has 182 valence electrons. The number of thioether (sulfide) groups is 1. The smallest absolute Gasteiger partial charge is 0.414 e. The molecule has 2 aliphatic rings. The van der Waals surface area contributed by atoms with Crippen LogP contribution in [0.4, 0.5) is 20.6 Å². The van der Waals surface area contributed by atoms with Gasteiger partial charge in [0.1, 0.15) is 11.9 Å². The highest BCUT2D eigenvalue weighted by molar-refractivity contribution is 8.00. The fraction of sp³-hybridized carbons (Fsp3) is 0.333. The van der Waals surface area contributed by atoms with Crippen molar-refractivity contribution in [2.45, 2.75) is 23.8 Å². The van der Waals surface area contributed by atoms with Crippen LogP contribution in [0.1, 0.15) is 12.0 Å². The van der Waals surface area contributed by atoms with E-state index in [9.17, 15) is 14.0 Å². The van der Waals surface area contributed by atoms with Gasteiger partial charge in [0.2, 0.25) is 11.8 Å². The summed E-state index contributed by atoms with van der Waals surface area (Å²) in [4.78, 5) is 35.1. The number of amides is 2. The zero-order valence-corrected chi connectivity index (χ0v) is 19.9. The van der Waals surface area contributed by atoms with Gasteiger partial charge in [-0.2, -0.15) is 0 Å². The van der Waals surface area contributed by atoms with E-state index in [-0.39, 0.29) is 12.0 Å². The van der Waals surface area contributed by atoms with Gasteiger partial charge in [0.25, 0.3) is 0 Å². The van der Waals surface area contributed by atoms with Crippen molar-refractivity contribution < 1.29 is 23.5 Å². The summed E-state index contributed by atoms with van der Waals surface area (Å²) in [6.07, 6.45) is 1.59. The van der Waals surface area contributed by atoms with Gasteiger partial charge in [0.15, 0.2) is 0 Å². The van der Waals surface area contributed by atoms with Crippen LogP contribution in [0, 0.1) is 5.82 Å². The topological polar surface area (TPSA) is 106 Å². The van der Waals surface area contributed by atoms with Gasteiger partial charge < -0.3 is 20.1 Å². The highest BCUT2D eigenvalue weighted by Crippen LogP contribution is 2.35. The number of methoxy groups -OCH3 is 1. The Hall–Kier alpha value is -3.44. The number of pyridine rings is 2. The van der Waals surface area contributed by atoms with Gasteiger partial charge in [-0.3, -0.25) is 14.7 Å². The highest BCUT2D eigenvalue weighted by atomic mass is 32.2. The molecule has 1 atom stereocenters. The highest BCUT2D eigenvalue weighted by Gasteiger charge is 2.32. The molecule has 3 aromatic rings. The average molecular weight is 498 g/mol.